The van der Waals surface area contributed by atoms with Gasteiger partial charge in [0.2, 0.25) is 0 Å². The van der Waals surface area contributed by atoms with Crippen molar-refractivity contribution in [3.63, 3.8) is 0 Å². The van der Waals surface area contributed by atoms with Crippen LogP contribution < -0.4 is 0 Å². The average Bonchev–Trinajstić information content (AvgIpc) is 2.81. The SMILES string of the molecule is CC1OC(OC2OC(CO[Si](C)(C)C)C(O[Si](C)(C)C)C(O[Si](C)(C)C)C2O[Si](C)(C)C)C(O[Si](C)(C)C)C(O[Si](C)(C)C)C1O[Si](C)(C)C. The second-order valence-electron chi connectivity index (χ2n) is 21.0. The molecule has 0 aromatic heterocycles. The highest BCUT2D eigenvalue weighted by Crippen LogP contribution is 2.39. The Bertz CT molecular complexity index is 1050. The zero-order valence-electron chi connectivity index (χ0n) is 36.1. The van der Waals surface area contributed by atoms with Crippen LogP contribution in [0.15, 0.2) is 0 Å². The molecule has 0 N–H and O–H groups in total. The molecule has 0 saturated carbocycles. The standard InChI is InChI=1S/C33H78O10Si7/c1-24-26(38-45(5,6)7)28(40-47(11,12)13)30(42-49(17,18)19)32(35-24)37-33-31(43-50(20,21)22)29(41-48(14,15)16)27(39-46(8,9)10)25(36-33)23-34-44(2,3)4/h24-33H,23H2,1-22H3. The molecule has 0 aromatic rings. The van der Waals surface area contributed by atoms with Crippen molar-refractivity contribution in [2.24, 2.45) is 0 Å². The van der Waals surface area contributed by atoms with E-state index in [-0.39, 0.29) is 24.4 Å². The third kappa shape index (κ3) is 17.3. The average molecular weight is 832 g/mol. The second kappa shape index (κ2) is 17.1. The molecule has 0 aromatic carbocycles. The highest BCUT2D eigenvalue weighted by molar-refractivity contribution is 6.72. The molecular weight excluding hydrogens is 753 g/mol. The van der Waals surface area contributed by atoms with Crippen molar-refractivity contribution in [1.82, 2.24) is 0 Å². The molecule has 10 nitrogen and oxygen atoms in total. The predicted molar refractivity (Wildman–Crippen MR) is 223 cm³/mol. The largest absolute Gasteiger partial charge is 0.415 e. The normalized spacial score (nSPS) is 32.8. The third-order valence-corrected chi connectivity index (χ3v) is 14.1. The summed E-state index contributed by atoms with van der Waals surface area (Å²) in [5.74, 6) is 0. The van der Waals surface area contributed by atoms with Gasteiger partial charge in [-0.2, -0.15) is 0 Å². The van der Waals surface area contributed by atoms with E-state index in [2.05, 4.69) is 144 Å². The van der Waals surface area contributed by atoms with Crippen LogP contribution >= 0.6 is 0 Å². The number of hydrogen-bond acceptors (Lipinski definition) is 10. The lowest BCUT2D eigenvalue weighted by Gasteiger charge is -2.53. The van der Waals surface area contributed by atoms with Crippen molar-refractivity contribution in [3.05, 3.63) is 0 Å². The van der Waals surface area contributed by atoms with Crippen molar-refractivity contribution in [3.8, 4) is 0 Å². The first-order chi connectivity index (χ1) is 22.0. The molecule has 2 heterocycles. The molecule has 2 aliphatic heterocycles. The highest BCUT2D eigenvalue weighted by atomic mass is 28.4. The van der Waals surface area contributed by atoms with Crippen molar-refractivity contribution in [1.29, 1.82) is 0 Å². The van der Waals surface area contributed by atoms with Crippen LogP contribution in [0.4, 0.5) is 0 Å². The fraction of sp³-hybridized carbons (Fsp3) is 1.00. The van der Waals surface area contributed by atoms with Gasteiger partial charge in [0.05, 0.1) is 18.8 Å². The summed E-state index contributed by atoms with van der Waals surface area (Å²) >= 11 is 0. The molecule has 2 rings (SSSR count). The molecular formula is C33H78O10Si7. The lowest BCUT2D eigenvalue weighted by atomic mass is 9.98. The van der Waals surface area contributed by atoms with Crippen LogP contribution in [0.5, 0.6) is 0 Å². The van der Waals surface area contributed by atoms with Crippen molar-refractivity contribution < 1.29 is 45.2 Å². The molecule has 17 heteroatoms. The van der Waals surface area contributed by atoms with Crippen LogP contribution in [0.2, 0.25) is 137 Å². The van der Waals surface area contributed by atoms with Gasteiger partial charge in [-0.15, -0.1) is 0 Å². The van der Waals surface area contributed by atoms with E-state index in [0.717, 1.165) is 0 Å². The minimum absolute atomic E-state index is 0.300. The molecule has 2 saturated heterocycles. The van der Waals surface area contributed by atoms with Crippen molar-refractivity contribution >= 4 is 58.2 Å². The van der Waals surface area contributed by atoms with E-state index in [1.165, 1.54) is 0 Å². The third-order valence-electron chi connectivity index (χ3n) is 7.21. The Balaban J connectivity index is 2.76. The van der Waals surface area contributed by atoms with E-state index in [4.69, 9.17) is 45.2 Å². The molecule has 0 radical (unpaired) electrons. The van der Waals surface area contributed by atoms with E-state index in [1.807, 2.05) is 0 Å². The summed E-state index contributed by atoms with van der Waals surface area (Å²) in [6.45, 7) is 48.7. The van der Waals surface area contributed by atoms with E-state index in [0.29, 0.717) is 6.61 Å². The topological polar surface area (TPSA) is 92.3 Å². The van der Waals surface area contributed by atoms with Gasteiger partial charge in [-0.05, 0) is 144 Å². The minimum Gasteiger partial charge on any atom is -0.415 e. The zero-order chi connectivity index (χ0) is 39.1. The Morgan fingerprint density at radius 3 is 1.02 bits per heavy atom. The maximum Gasteiger partial charge on any atom is 0.188 e. The van der Waals surface area contributed by atoms with Crippen LogP contribution in [-0.2, 0) is 45.2 Å². The van der Waals surface area contributed by atoms with Gasteiger partial charge >= 0.3 is 0 Å². The smallest absolute Gasteiger partial charge is 0.188 e. The van der Waals surface area contributed by atoms with E-state index in [1.54, 1.807) is 0 Å². The first-order valence-corrected chi connectivity index (χ1v) is 42.6. The Morgan fingerprint density at radius 2 is 0.660 bits per heavy atom. The van der Waals surface area contributed by atoms with Crippen molar-refractivity contribution in [2.75, 3.05) is 6.61 Å². The van der Waals surface area contributed by atoms with Crippen LogP contribution in [0.3, 0.4) is 0 Å². The van der Waals surface area contributed by atoms with Crippen LogP contribution in [0, 0.1) is 0 Å². The summed E-state index contributed by atoms with van der Waals surface area (Å²) in [5.41, 5.74) is 0. The Labute approximate surface area is 314 Å². The molecule has 2 aliphatic rings. The Morgan fingerprint density at radius 1 is 0.360 bits per heavy atom. The predicted octanol–water partition coefficient (Wildman–Crippen LogP) is 8.64. The molecule has 0 amide bonds. The summed E-state index contributed by atoms with van der Waals surface area (Å²) in [4.78, 5) is 0. The second-order valence-corrected chi connectivity index (χ2v) is 52.3. The summed E-state index contributed by atoms with van der Waals surface area (Å²) in [6.07, 6.45) is -4.95. The van der Waals surface area contributed by atoms with Gasteiger partial charge in [0.1, 0.15) is 36.6 Å². The van der Waals surface area contributed by atoms with E-state index >= 15 is 0 Å². The van der Waals surface area contributed by atoms with E-state index < -0.39 is 95.2 Å². The molecule has 2 fully saturated rings. The number of ether oxygens (including phenoxy) is 3. The van der Waals surface area contributed by atoms with Gasteiger partial charge in [-0.1, -0.05) is 0 Å². The number of hydrogen-bond donors (Lipinski definition) is 0. The minimum atomic E-state index is -2.17. The molecule has 50 heavy (non-hydrogen) atoms. The van der Waals surface area contributed by atoms with E-state index in [9.17, 15) is 0 Å². The molecule has 0 aliphatic carbocycles. The lowest BCUT2D eigenvalue weighted by Crippen LogP contribution is -2.69. The van der Waals surface area contributed by atoms with Gasteiger partial charge in [0.15, 0.2) is 70.8 Å². The van der Waals surface area contributed by atoms with Gasteiger partial charge in [0, 0.05) is 0 Å². The van der Waals surface area contributed by atoms with Gasteiger partial charge in [-0.25, -0.2) is 0 Å². The van der Waals surface area contributed by atoms with Crippen molar-refractivity contribution in [2.45, 2.75) is 206 Å². The van der Waals surface area contributed by atoms with Crippen LogP contribution in [0.1, 0.15) is 6.92 Å². The van der Waals surface area contributed by atoms with Gasteiger partial charge in [0.25, 0.3) is 0 Å². The maximum atomic E-state index is 7.12. The fourth-order valence-corrected chi connectivity index (χ4v) is 13.1. The maximum absolute atomic E-state index is 7.12. The molecule has 10 atom stereocenters. The first kappa shape index (κ1) is 47.3. The molecule has 0 spiro atoms. The zero-order valence-corrected chi connectivity index (χ0v) is 43.1. The first-order valence-electron chi connectivity index (χ1n) is 18.7. The summed E-state index contributed by atoms with van der Waals surface area (Å²) in [5, 5.41) is 0. The summed E-state index contributed by atoms with van der Waals surface area (Å²) < 4.78 is 69.5. The van der Waals surface area contributed by atoms with Crippen LogP contribution in [0.25, 0.3) is 0 Å². The molecule has 0 bridgehead atoms. The molecule has 10 unspecified atom stereocenters. The Hall–Kier alpha value is 1.12. The fourth-order valence-electron chi connectivity index (χ4n) is 5.94. The van der Waals surface area contributed by atoms with Crippen LogP contribution in [-0.4, -0.2) is 126 Å². The number of rotatable bonds is 17. The quantitative estimate of drug-likeness (QED) is 0.133. The molecule has 298 valence electrons. The highest BCUT2D eigenvalue weighted by Gasteiger charge is 2.56. The summed E-state index contributed by atoms with van der Waals surface area (Å²) in [7, 11) is -14.5. The Kier molecular flexibility index (Phi) is 16.2. The lowest BCUT2D eigenvalue weighted by molar-refractivity contribution is -0.365. The summed E-state index contributed by atoms with van der Waals surface area (Å²) in [6, 6.07) is 0. The monoisotopic (exact) mass is 830 g/mol. The van der Waals surface area contributed by atoms with Gasteiger partial charge in [-0.3, -0.25) is 0 Å². The van der Waals surface area contributed by atoms with Gasteiger partial charge < -0.3 is 45.2 Å².